The lowest BCUT2D eigenvalue weighted by molar-refractivity contribution is -0.123. The summed E-state index contributed by atoms with van der Waals surface area (Å²) in [7, 11) is 0. The monoisotopic (exact) mass is 359 g/mol. The first-order valence-corrected chi connectivity index (χ1v) is 8.19. The van der Waals surface area contributed by atoms with Crippen LogP contribution in [0.2, 0.25) is 10.0 Å². The SMILES string of the molecule is O=C(COc1ccc2ccccc2c1)NCc1ccc(Cl)c(Cl)c1. The quantitative estimate of drug-likeness (QED) is 0.707. The molecule has 0 bridgehead atoms. The van der Waals surface area contributed by atoms with Gasteiger partial charge in [-0.05, 0) is 40.6 Å². The number of halogens is 2. The van der Waals surface area contributed by atoms with E-state index in [1.54, 1.807) is 12.1 Å². The first-order valence-electron chi connectivity index (χ1n) is 7.44. The molecule has 5 heteroatoms. The van der Waals surface area contributed by atoms with E-state index in [-0.39, 0.29) is 12.5 Å². The second kappa shape index (κ2) is 7.56. The number of carbonyl (C=O) groups excluding carboxylic acids is 1. The first-order chi connectivity index (χ1) is 11.6. The summed E-state index contributed by atoms with van der Waals surface area (Å²) in [5.74, 6) is 0.465. The van der Waals surface area contributed by atoms with Crippen LogP contribution in [-0.2, 0) is 11.3 Å². The molecule has 0 aliphatic heterocycles. The molecule has 0 aliphatic carbocycles. The number of nitrogens with one attached hydrogen (secondary N) is 1. The molecule has 0 aliphatic rings. The van der Waals surface area contributed by atoms with Crippen LogP contribution < -0.4 is 10.1 Å². The smallest absolute Gasteiger partial charge is 0.258 e. The van der Waals surface area contributed by atoms with Crippen LogP contribution in [0.25, 0.3) is 10.8 Å². The molecule has 24 heavy (non-hydrogen) atoms. The molecule has 0 heterocycles. The van der Waals surface area contributed by atoms with Crippen molar-refractivity contribution in [2.24, 2.45) is 0 Å². The van der Waals surface area contributed by atoms with Crippen molar-refractivity contribution >= 4 is 39.9 Å². The Morgan fingerprint density at radius 1 is 0.917 bits per heavy atom. The van der Waals surface area contributed by atoms with Crippen molar-refractivity contribution in [1.29, 1.82) is 0 Å². The van der Waals surface area contributed by atoms with Gasteiger partial charge < -0.3 is 10.1 Å². The van der Waals surface area contributed by atoms with Crippen molar-refractivity contribution in [1.82, 2.24) is 5.32 Å². The number of hydrogen-bond donors (Lipinski definition) is 1. The number of rotatable bonds is 5. The molecule has 3 aromatic carbocycles. The number of ether oxygens (including phenoxy) is 1. The summed E-state index contributed by atoms with van der Waals surface area (Å²) < 4.78 is 5.55. The molecule has 0 saturated heterocycles. The average Bonchev–Trinajstić information content (AvgIpc) is 2.60. The van der Waals surface area contributed by atoms with Crippen LogP contribution >= 0.6 is 23.2 Å². The normalized spacial score (nSPS) is 10.6. The molecule has 122 valence electrons. The van der Waals surface area contributed by atoms with Crippen molar-refractivity contribution in [2.45, 2.75) is 6.54 Å². The number of benzene rings is 3. The molecule has 0 unspecified atom stereocenters. The maximum Gasteiger partial charge on any atom is 0.258 e. The maximum atomic E-state index is 11.9. The molecule has 0 radical (unpaired) electrons. The maximum absolute atomic E-state index is 11.9. The lowest BCUT2D eigenvalue weighted by atomic mass is 10.1. The Balaban J connectivity index is 1.53. The van der Waals surface area contributed by atoms with Gasteiger partial charge in [0.05, 0.1) is 10.0 Å². The third-order valence-corrected chi connectivity index (χ3v) is 4.30. The van der Waals surface area contributed by atoms with Crippen molar-refractivity contribution in [3.63, 3.8) is 0 Å². The predicted molar refractivity (Wildman–Crippen MR) is 97.8 cm³/mol. The zero-order valence-electron chi connectivity index (χ0n) is 12.8. The van der Waals surface area contributed by atoms with Gasteiger partial charge in [0.1, 0.15) is 5.75 Å². The van der Waals surface area contributed by atoms with Gasteiger partial charge in [-0.1, -0.05) is 59.6 Å². The number of amides is 1. The molecule has 0 saturated carbocycles. The van der Waals surface area contributed by atoms with Gasteiger partial charge in [-0.3, -0.25) is 4.79 Å². The van der Waals surface area contributed by atoms with Crippen LogP contribution in [0.1, 0.15) is 5.56 Å². The zero-order chi connectivity index (χ0) is 16.9. The Bertz CT molecular complexity index is 880. The van der Waals surface area contributed by atoms with Crippen LogP contribution in [0.15, 0.2) is 60.7 Å². The van der Waals surface area contributed by atoms with E-state index in [2.05, 4.69) is 5.32 Å². The van der Waals surface area contributed by atoms with Gasteiger partial charge in [-0.25, -0.2) is 0 Å². The highest BCUT2D eigenvalue weighted by molar-refractivity contribution is 6.42. The minimum Gasteiger partial charge on any atom is -0.484 e. The van der Waals surface area contributed by atoms with Gasteiger partial charge >= 0.3 is 0 Å². The van der Waals surface area contributed by atoms with E-state index in [1.807, 2.05) is 48.5 Å². The number of hydrogen-bond acceptors (Lipinski definition) is 2. The first kappa shape index (κ1) is 16.6. The predicted octanol–water partition coefficient (Wildman–Crippen LogP) is 4.84. The highest BCUT2D eigenvalue weighted by atomic mass is 35.5. The fourth-order valence-corrected chi connectivity index (χ4v) is 2.63. The molecule has 3 nitrogen and oxygen atoms in total. The van der Waals surface area contributed by atoms with Gasteiger partial charge in [0, 0.05) is 6.54 Å². The second-order valence-corrected chi connectivity index (χ2v) is 6.14. The van der Waals surface area contributed by atoms with Crippen LogP contribution in [0.5, 0.6) is 5.75 Å². The van der Waals surface area contributed by atoms with Crippen LogP contribution in [-0.4, -0.2) is 12.5 Å². The minimum absolute atomic E-state index is 0.0420. The summed E-state index contributed by atoms with van der Waals surface area (Å²) in [5, 5.41) is 5.96. The fraction of sp³-hybridized carbons (Fsp3) is 0.105. The lowest BCUT2D eigenvalue weighted by Crippen LogP contribution is -2.28. The Morgan fingerprint density at radius 2 is 1.71 bits per heavy atom. The Hall–Kier alpha value is -2.23. The molecule has 1 amide bonds. The highest BCUT2D eigenvalue weighted by Gasteiger charge is 2.05. The number of fused-ring (bicyclic) bond motifs is 1. The summed E-state index contributed by atoms with van der Waals surface area (Å²) in [4.78, 5) is 11.9. The van der Waals surface area contributed by atoms with Crippen LogP contribution in [0, 0.1) is 0 Å². The molecule has 0 spiro atoms. The minimum atomic E-state index is -0.200. The van der Waals surface area contributed by atoms with E-state index in [4.69, 9.17) is 27.9 Å². The molecule has 0 atom stereocenters. The van der Waals surface area contributed by atoms with Gasteiger partial charge in [-0.2, -0.15) is 0 Å². The number of carbonyl (C=O) groups is 1. The van der Waals surface area contributed by atoms with Crippen molar-refractivity contribution in [2.75, 3.05) is 6.61 Å². The standard InChI is InChI=1S/C19H15Cl2NO2/c20-17-8-5-13(9-18(17)21)11-22-19(23)12-24-16-7-6-14-3-1-2-4-15(14)10-16/h1-10H,11-12H2,(H,22,23). The lowest BCUT2D eigenvalue weighted by Gasteiger charge is -2.09. The highest BCUT2D eigenvalue weighted by Crippen LogP contribution is 2.22. The van der Waals surface area contributed by atoms with Crippen molar-refractivity contribution in [3.8, 4) is 5.75 Å². The summed E-state index contributed by atoms with van der Waals surface area (Å²) in [6.07, 6.45) is 0. The van der Waals surface area contributed by atoms with Gasteiger partial charge in [0.15, 0.2) is 6.61 Å². The van der Waals surface area contributed by atoms with Crippen LogP contribution in [0.4, 0.5) is 0 Å². The summed E-state index contributed by atoms with van der Waals surface area (Å²) >= 11 is 11.8. The van der Waals surface area contributed by atoms with E-state index in [1.165, 1.54) is 0 Å². The van der Waals surface area contributed by atoms with Crippen LogP contribution in [0.3, 0.4) is 0 Å². The van der Waals surface area contributed by atoms with Crippen molar-refractivity contribution < 1.29 is 9.53 Å². The molecule has 0 aromatic heterocycles. The molecule has 1 N–H and O–H groups in total. The fourth-order valence-electron chi connectivity index (χ4n) is 2.31. The third-order valence-electron chi connectivity index (χ3n) is 3.56. The third kappa shape index (κ3) is 4.19. The molecule has 0 fully saturated rings. The van der Waals surface area contributed by atoms with E-state index in [9.17, 15) is 4.79 Å². The van der Waals surface area contributed by atoms with E-state index >= 15 is 0 Å². The van der Waals surface area contributed by atoms with E-state index in [0.29, 0.717) is 22.3 Å². The van der Waals surface area contributed by atoms with Gasteiger partial charge in [-0.15, -0.1) is 0 Å². The van der Waals surface area contributed by atoms with E-state index < -0.39 is 0 Å². The Morgan fingerprint density at radius 3 is 2.50 bits per heavy atom. The molecule has 3 rings (SSSR count). The molecular weight excluding hydrogens is 345 g/mol. The van der Waals surface area contributed by atoms with E-state index in [0.717, 1.165) is 16.3 Å². The summed E-state index contributed by atoms with van der Waals surface area (Å²) in [6.45, 7) is 0.330. The zero-order valence-corrected chi connectivity index (χ0v) is 14.3. The average molecular weight is 360 g/mol. The Kier molecular flexibility index (Phi) is 5.24. The van der Waals surface area contributed by atoms with Gasteiger partial charge in [0.25, 0.3) is 5.91 Å². The molecule has 3 aromatic rings. The summed E-state index contributed by atoms with van der Waals surface area (Å²) in [5.41, 5.74) is 0.878. The largest absolute Gasteiger partial charge is 0.484 e. The van der Waals surface area contributed by atoms with Crippen molar-refractivity contribution in [3.05, 3.63) is 76.3 Å². The second-order valence-electron chi connectivity index (χ2n) is 5.32. The summed E-state index contributed by atoms with van der Waals surface area (Å²) in [6, 6.07) is 19.0. The van der Waals surface area contributed by atoms with Gasteiger partial charge in [0.2, 0.25) is 0 Å². The molecular formula is C19H15Cl2NO2. The Labute approximate surface area is 150 Å². The topological polar surface area (TPSA) is 38.3 Å².